The Balaban J connectivity index is 2.33. The Labute approximate surface area is 131 Å². The van der Waals surface area contributed by atoms with Gasteiger partial charge in [0, 0.05) is 6.20 Å². The Morgan fingerprint density at radius 1 is 1.36 bits per heavy atom. The summed E-state index contributed by atoms with van der Waals surface area (Å²) in [4.78, 5) is 4.57. The summed E-state index contributed by atoms with van der Waals surface area (Å²) in [6.45, 7) is 11.8. The predicted molar refractivity (Wildman–Crippen MR) is 93.1 cm³/mol. The van der Waals surface area contributed by atoms with Crippen LogP contribution in [0, 0.1) is 0 Å². The summed E-state index contributed by atoms with van der Waals surface area (Å²) >= 11 is 0. The molecule has 0 atom stereocenters. The van der Waals surface area contributed by atoms with Crippen molar-refractivity contribution in [3.8, 4) is 0 Å². The van der Waals surface area contributed by atoms with Crippen LogP contribution in [-0.4, -0.2) is 14.6 Å². The first kappa shape index (κ1) is 15.8. The van der Waals surface area contributed by atoms with Crippen molar-refractivity contribution in [2.75, 3.05) is 0 Å². The van der Waals surface area contributed by atoms with E-state index in [-0.39, 0.29) is 0 Å². The Morgan fingerprint density at radius 3 is 2.86 bits per heavy atom. The highest BCUT2D eigenvalue weighted by Crippen LogP contribution is 2.19. The summed E-state index contributed by atoms with van der Waals surface area (Å²) in [7, 11) is 0. The molecule has 0 aliphatic carbocycles. The van der Waals surface area contributed by atoms with E-state index in [4.69, 9.17) is 0 Å². The molecule has 0 radical (unpaired) electrons. The van der Waals surface area contributed by atoms with Crippen molar-refractivity contribution in [1.29, 1.82) is 0 Å². The van der Waals surface area contributed by atoms with E-state index in [1.54, 1.807) is 6.20 Å². The fourth-order valence-electron chi connectivity index (χ4n) is 2.17. The number of allylic oxidation sites excluding steroid dienone is 4. The topological polar surface area (TPSA) is 42.2 Å². The lowest BCUT2D eigenvalue weighted by Gasteiger charge is -2.01. The predicted octanol–water partition coefficient (Wildman–Crippen LogP) is 4.19. The second-order valence-electron chi connectivity index (χ2n) is 4.95. The van der Waals surface area contributed by atoms with Crippen molar-refractivity contribution >= 4 is 16.8 Å². The first-order valence-corrected chi connectivity index (χ1v) is 7.44. The average Bonchev–Trinajstić information content (AvgIpc) is 2.95. The van der Waals surface area contributed by atoms with Gasteiger partial charge in [-0.2, -0.15) is 5.10 Å². The number of imidazole rings is 1. The highest BCUT2D eigenvalue weighted by molar-refractivity contribution is 5.72. The first-order valence-electron chi connectivity index (χ1n) is 7.44. The molecule has 0 aromatic carbocycles. The maximum absolute atomic E-state index is 4.63. The molecule has 2 aromatic heterocycles. The molecule has 0 saturated heterocycles. The SMILES string of the molecule is C=CN/C=C\C(=C/C)c1ccc2nc(C(=C)CCC)cn2n1. The zero-order chi connectivity index (χ0) is 15.9. The first-order chi connectivity index (χ1) is 10.7. The average molecular weight is 294 g/mol. The van der Waals surface area contributed by atoms with E-state index >= 15 is 0 Å². The van der Waals surface area contributed by atoms with E-state index in [9.17, 15) is 0 Å². The Hall–Kier alpha value is -2.62. The third-order valence-corrected chi connectivity index (χ3v) is 3.32. The molecular weight excluding hydrogens is 272 g/mol. The van der Waals surface area contributed by atoms with Crippen molar-refractivity contribution in [2.45, 2.75) is 26.7 Å². The molecule has 0 spiro atoms. The normalized spacial score (nSPS) is 12.0. The van der Waals surface area contributed by atoms with Gasteiger partial charge in [0.15, 0.2) is 5.65 Å². The van der Waals surface area contributed by atoms with Crippen LogP contribution < -0.4 is 5.32 Å². The molecule has 0 aliphatic heterocycles. The molecular formula is C18H22N4. The second-order valence-corrected chi connectivity index (χ2v) is 4.95. The van der Waals surface area contributed by atoms with Gasteiger partial charge in [0.05, 0.1) is 17.6 Å². The molecule has 0 bridgehead atoms. The summed E-state index contributed by atoms with van der Waals surface area (Å²) in [5.41, 5.74) is 4.72. The Morgan fingerprint density at radius 2 is 2.18 bits per heavy atom. The van der Waals surface area contributed by atoms with Crippen LogP contribution in [0.25, 0.3) is 16.8 Å². The summed E-state index contributed by atoms with van der Waals surface area (Å²) < 4.78 is 1.81. The van der Waals surface area contributed by atoms with Crippen molar-refractivity contribution < 1.29 is 0 Å². The third kappa shape index (κ3) is 3.52. The molecule has 2 aromatic rings. The van der Waals surface area contributed by atoms with Crippen LogP contribution in [0.15, 0.2) is 56.0 Å². The zero-order valence-corrected chi connectivity index (χ0v) is 13.2. The molecule has 114 valence electrons. The lowest BCUT2D eigenvalue weighted by atomic mass is 10.1. The van der Waals surface area contributed by atoms with Crippen LogP contribution in [0.4, 0.5) is 0 Å². The monoisotopic (exact) mass is 294 g/mol. The molecule has 4 heteroatoms. The van der Waals surface area contributed by atoms with E-state index in [2.05, 4.69) is 35.5 Å². The summed E-state index contributed by atoms with van der Waals surface area (Å²) in [6.07, 6.45) is 11.4. The standard InChI is InChI=1S/C18H22N4/c1-5-8-14(4)17-13-22-18(20-17)10-9-16(21-22)15(6-2)11-12-19-7-3/h6-7,9-13,19H,3-5,8H2,1-2H3/b12-11-,15-6+. The van der Waals surface area contributed by atoms with Gasteiger partial charge in [-0.1, -0.05) is 32.6 Å². The van der Waals surface area contributed by atoms with E-state index in [1.165, 1.54) is 0 Å². The van der Waals surface area contributed by atoms with Crippen LogP contribution >= 0.6 is 0 Å². The van der Waals surface area contributed by atoms with Gasteiger partial charge in [0.2, 0.25) is 0 Å². The summed E-state index contributed by atoms with van der Waals surface area (Å²) in [5, 5.41) is 7.57. The van der Waals surface area contributed by atoms with Gasteiger partial charge in [0.25, 0.3) is 0 Å². The minimum Gasteiger partial charge on any atom is -0.368 e. The number of aromatic nitrogens is 3. The maximum atomic E-state index is 4.63. The zero-order valence-electron chi connectivity index (χ0n) is 13.2. The molecule has 0 saturated carbocycles. The van der Waals surface area contributed by atoms with Crippen molar-refractivity contribution in [3.05, 3.63) is 67.4 Å². The highest BCUT2D eigenvalue weighted by Gasteiger charge is 2.07. The maximum Gasteiger partial charge on any atom is 0.154 e. The van der Waals surface area contributed by atoms with Gasteiger partial charge in [-0.3, -0.25) is 0 Å². The van der Waals surface area contributed by atoms with Crippen LogP contribution in [-0.2, 0) is 0 Å². The molecule has 0 aliphatic rings. The highest BCUT2D eigenvalue weighted by atomic mass is 15.2. The molecule has 1 N–H and O–H groups in total. The van der Waals surface area contributed by atoms with Gasteiger partial charge in [-0.15, -0.1) is 0 Å². The van der Waals surface area contributed by atoms with E-state index < -0.39 is 0 Å². The molecule has 22 heavy (non-hydrogen) atoms. The fraction of sp³-hybridized carbons (Fsp3) is 0.222. The van der Waals surface area contributed by atoms with Gasteiger partial charge in [-0.05, 0) is 48.9 Å². The van der Waals surface area contributed by atoms with Crippen molar-refractivity contribution in [3.63, 3.8) is 0 Å². The minimum atomic E-state index is 0.833. The van der Waals surface area contributed by atoms with Crippen LogP contribution in [0.2, 0.25) is 0 Å². The lowest BCUT2D eigenvalue weighted by molar-refractivity contribution is 0.920. The smallest absolute Gasteiger partial charge is 0.154 e. The van der Waals surface area contributed by atoms with Crippen LogP contribution in [0.1, 0.15) is 38.1 Å². The number of fused-ring (bicyclic) bond motifs is 1. The molecule has 0 amide bonds. The Kier molecular flexibility index (Phi) is 5.31. The van der Waals surface area contributed by atoms with Crippen molar-refractivity contribution in [2.24, 2.45) is 0 Å². The van der Waals surface area contributed by atoms with Gasteiger partial charge >= 0.3 is 0 Å². The molecule has 4 nitrogen and oxygen atoms in total. The number of hydrogen-bond acceptors (Lipinski definition) is 3. The van der Waals surface area contributed by atoms with Crippen molar-refractivity contribution in [1.82, 2.24) is 19.9 Å². The van der Waals surface area contributed by atoms with Gasteiger partial charge < -0.3 is 5.32 Å². The summed E-state index contributed by atoms with van der Waals surface area (Å²) in [6, 6.07) is 3.95. The van der Waals surface area contributed by atoms with E-state index in [0.29, 0.717) is 0 Å². The molecule has 2 heterocycles. The number of nitrogens with zero attached hydrogens (tertiary/aromatic N) is 3. The van der Waals surface area contributed by atoms with Gasteiger partial charge in [-0.25, -0.2) is 9.50 Å². The third-order valence-electron chi connectivity index (χ3n) is 3.32. The second kappa shape index (κ2) is 7.41. The molecule has 2 rings (SSSR count). The number of rotatable bonds is 7. The number of hydrogen-bond donors (Lipinski definition) is 1. The van der Waals surface area contributed by atoms with E-state index in [1.807, 2.05) is 48.1 Å². The fourth-order valence-corrected chi connectivity index (χ4v) is 2.17. The number of nitrogens with one attached hydrogen (secondary N) is 1. The summed E-state index contributed by atoms with van der Waals surface area (Å²) in [5.74, 6) is 0. The quantitative estimate of drug-likeness (QED) is 0.778. The van der Waals surface area contributed by atoms with Crippen LogP contribution in [0.3, 0.4) is 0 Å². The minimum absolute atomic E-state index is 0.833. The van der Waals surface area contributed by atoms with Crippen LogP contribution in [0.5, 0.6) is 0 Å². The largest absolute Gasteiger partial charge is 0.368 e. The van der Waals surface area contributed by atoms with E-state index in [0.717, 1.165) is 41.0 Å². The van der Waals surface area contributed by atoms with Gasteiger partial charge in [0.1, 0.15) is 0 Å². The lowest BCUT2D eigenvalue weighted by Crippen LogP contribution is -1.96. The molecule has 0 unspecified atom stereocenters. The Bertz CT molecular complexity index is 735. The molecule has 0 fully saturated rings.